The summed E-state index contributed by atoms with van der Waals surface area (Å²) < 4.78 is 11.2. The van der Waals surface area contributed by atoms with Crippen molar-refractivity contribution in [2.24, 2.45) is 5.92 Å². The summed E-state index contributed by atoms with van der Waals surface area (Å²) in [5, 5.41) is 0. The van der Waals surface area contributed by atoms with E-state index < -0.39 is 11.6 Å². The summed E-state index contributed by atoms with van der Waals surface area (Å²) in [5.74, 6) is 6.11. The number of benzene rings is 1. The predicted molar refractivity (Wildman–Crippen MR) is 115 cm³/mol. The van der Waals surface area contributed by atoms with Gasteiger partial charge in [-0.15, -0.1) is 0 Å². The first-order valence-electron chi connectivity index (χ1n) is 10.6. The maximum Gasteiger partial charge on any atom is 0.409 e. The number of aryl methyl sites for hydroxylation is 1. The quantitative estimate of drug-likeness (QED) is 0.545. The first-order valence-corrected chi connectivity index (χ1v) is 10.6. The highest BCUT2D eigenvalue weighted by molar-refractivity contribution is 5.89. The monoisotopic (exact) mass is 418 g/mol. The zero-order chi connectivity index (χ0) is 21.8. The van der Waals surface area contributed by atoms with E-state index in [1.807, 2.05) is 31.2 Å². The first kappa shape index (κ1) is 20.9. The molecule has 0 spiro atoms. The molecule has 2 aliphatic rings. The number of nitrogens with zero attached hydrogens (tertiary/aromatic N) is 2. The number of fused-ring (bicyclic) bond motifs is 1. The van der Waals surface area contributed by atoms with Gasteiger partial charge in [0.2, 0.25) is 0 Å². The van der Waals surface area contributed by atoms with Crippen LogP contribution in [0.5, 0.6) is 0 Å². The van der Waals surface area contributed by atoms with Crippen LogP contribution in [0.25, 0.3) is 0 Å². The van der Waals surface area contributed by atoms with Crippen LogP contribution in [-0.4, -0.2) is 47.2 Å². The van der Waals surface area contributed by atoms with Crippen molar-refractivity contribution < 1.29 is 19.1 Å². The van der Waals surface area contributed by atoms with Gasteiger partial charge in [-0.05, 0) is 68.4 Å². The molecular weight excluding hydrogens is 392 g/mol. The maximum atomic E-state index is 13.0. The van der Waals surface area contributed by atoms with Crippen molar-refractivity contribution in [3.8, 4) is 11.8 Å². The molecule has 0 bridgehead atoms. The molecule has 2 aromatic rings. The number of hydrogen-bond acceptors (Lipinski definition) is 5. The van der Waals surface area contributed by atoms with Crippen molar-refractivity contribution in [1.29, 1.82) is 0 Å². The summed E-state index contributed by atoms with van der Waals surface area (Å²) in [6.07, 6.45) is 5.81. The van der Waals surface area contributed by atoms with Gasteiger partial charge in [-0.2, -0.15) is 0 Å². The second-order valence-electron chi connectivity index (χ2n) is 8.15. The minimum atomic E-state index is -0.963. The number of methoxy groups -OCH3 is 1. The van der Waals surface area contributed by atoms with Crippen LogP contribution in [0.2, 0.25) is 0 Å². The Morgan fingerprint density at radius 1 is 1.19 bits per heavy atom. The number of esters is 1. The Hall–Kier alpha value is -3.33. The van der Waals surface area contributed by atoms with Gasteiger partial charge >= 0.3 is 12.1 Å². The van der Waals surface area contributed by atoms with Crippen molar-refractivity contribution in [3.63, 3.8) is 0 Å². The number of aromatic nitrogens is 1. The van der Waals surface area contributed by atoms with Crippen LogP contribution >= 0.6 is 0 Å². The first-order chi connectivity index (χ1) is 15.0. The molecular formula is C25H26N2O4. The highest BCUT2D eigenvalue weighted by Crippen LogP contribution is 2.45. The summed E-state index contributed by atoms with van der Waals surface area (Å²) in [5.41, 5.74) is 1.48. The molecule has 1 saturated carbocycles. The Balaban J connectivity index is 1.71. The fraction of sp³-hybridized carbons (Fsp3) is 0.400. The lowest BCUT2D eigenvalue weighted by Crippen LogP contribution is -2.51. The SMILES string of the molecule is COC(=O)N1CCC2C1CCCC2(C#Cc1cccc(C)c1)OC(=O)c1ccncc1. The Morgan fingerprint density at radius 3 is 2.74 bits per heavy atom. The van der Waals surface area contributed by atoms with Gasteiger partial charge in [0.25, 0.3) is 0 Å². The molecule has 1 aliphatic carbocycles. The second kappa shape index (κ2) is 8.81. The van der Waals surface area contributed by atoms with E-state index in [2.05, 4.69) is 16.8 Å². The van der Waals surface area contributed by atoms with E-state index in [1.54, 1.807) is 29.4 Å². The second-order valence-corrected chi connectivity index (χ2v) is 8.15. The van der Waals surface area contributed by atoms with Gasteiger partial charge in [-0.25, -0.2) is 9.59 Å². The van der Waals surface area contributed by atoms with E-state index in [0.29, 0.717) is 24.9 Å². The van der Waals surface area contributed by atoms with Crippen molar-refractivity contribution in [2.75, 3.05) is 13.7 Å². The van der Waals surface area contributed by atoms with Crippen LogP contribution in [-0.2, 0) is 9.47 Å². The lowest BCUT2D eigenvalue weighted by Gasteiger charge is -2.42. The lowest BCUT2D eigenvalue weighted by molar-refractivity contribution is -0.0445. The van der Waals surface area contributed by atoms with Crippen molar-refractivity contribution >= 4 is 12.1 Å². The van der Waals surface area contributed by atoms with Crippen molar-refractivity contribution in [3.05, 3.63) is 65.5 Å². The minimum absolute atomic E-state index is 0.0572. The molecule has 1 aliphatic heterocycles. The molecule has 2 fully saturated rings. The molecule has 6 heteroatoms. The van der Waals surface area contributed by atoms with Gasteiger partial charge in [0, 0.05) is 36.5 Å². The van der Waals surface area contributed by atoms with Crippen LogP contribution in [0.15, 0.2) is 48.8 Å². The molecule has 2 heterocycles. The van der Waals surface area contributed by atoms with Crippen LogP contribution in [0.3, 0.4) is 0 Å². The van der Waals surface area contributed by atoms with Crippen molar-refractivity contribution in [2.45, 2.75) is 44.2 Å². The number of rotatable bonds is 2. The maximum absolute atomic E-state index is 13.0. The predicted octanol–water partition coefficient (Wildman–Crippen LogP) is 3.98. The standard InChI is InChI=1S/C25H26N2O4/c1-18-5-3-6-19(17-18)8-13-25(31-23(28)20-9-14-26-15-10-20)12-4-7-22-21(25)11-16-27(22)24(29)30-2/h3,5-6,9-10,14-15,17,21-22H,4,7,11-12,16H2,1-2H3. The molecule has 0 radical (unpaired) electrons. The summed E-state index contributed by atoms with van der Waals surface area (Å²) in [4.78, 5) is 31.0. The summed E-state index contributed by atoms with van der Waals surface area (Å²) >= 11 is 0. The highest BCUT2D eigenvalue weighted by Gasteiger charge is 2.53. The van der Waals surface area contributed by atoms with Gasteiger partial charge in [0.05, 0.1) is 12.7 Å². The third-order valence-electron chi connectivity index (χ3n) is 6.23. The third-order valence-corrected chi connectivity index (χ3v) is 6.23. The number of carbonyl (C=O) groups excluding carboxylic acids is 2. The summed E-state index contributed by atoms with van der Waals surface area (Å²) in [6.45, 7) is 2.59. The molecule has 31 heavy (non-hydrogen) atoms. The Kier molecular flexibility index (Phi) is 5.94. The van der Waals surface area contributed by atoms with Crippen LogP contribution in [0.1, 0.15) is 47.2 Å². The highest BCUT2D eigenvalue weighted by atomic mass is 16.6. The largest absolute Gasteiger partial charge is 0.453 e. The number of amides is 1. The van der Waals surface area contributed by atoms with Gasteiger partial charge < -0.3 is 14.4 Å². The van der Waals surface area contributed by atoms with E-state index in [-0.39, 0.29) is 18.1 Å². The Morgan fingerprint density at radius 2 is 2.00 bits per heavy atom. The lowest BCUT2D eigenvalue weighted by atomic mass is 9.72. The van der Waals surface area contributed by atoms with Gasteiger partial charge in [-0.1, -0.05) is 18.1 Å². The zero-order valence-corrected chi connectivity index (χ0v) is 17.8. The van der Waals surface area contributed by atoms with E-state index in [1.165, 1.54) is 7.11 Å². The fourth-order valence-corrected chi connectivity index (χ4v) is 4.78. The van der Waals surface area contributed by atoms with E-state index >= 15 is 0 Å². The Labute approximate surface area is 182 Å². The molecule has 160 valence electrons. The molecule has 4 rings (SSSR count). The van der Waals surface area contributed by atoms with Crippen LogP contribution < -0.4 is 0 Å². The van der Waals surface area contributed by atoms with E-state index in [9.17, 15) is 9.59 Å². The average Bonchev–Trinajstić information content (AvgIpc) is 3.23. The summed E-state index contributed by atoms with van der Waals surface area (Å²) in [7, 11) is 1.40. The molecule has 3 atom stereocenters. The Bertz CT molecular complexity index is 1030. The van der Waals surface area contributed by atoms with Gasteiger partial charge in [0.15, 0.2) is 5.60 Å². The topological polar surface area (TPSA) is 68.7 Å². The van der Waals surface area contributed by atoms with Gasteiger partial charge in [-0.3, -0.25) is 4.98 Å². The fourth-order valence-electron chi connectivity index (χ4n) is 4.78. The van der Waals surface area contributed by atoms with Gasteiger partial charge in [0.1, 0.15) is 0 Å². The number of likely N-dealkylation sites (tertiary alicyclic amines) is 1. The molecule has 1 aromatic carbocycles. The molecule has 6 nitrogen and oxygen atoms in total. The molecule has 1 amide bonds. The molecule has 1 aromatic heterocycles. The third kappa shape index (κ3) is 4.27. The number of carbonyl (C=O) groups is 2. The summed E-state index contributed by atoms with van der Waals surface area (Å²) in [6, 6.07) is 11.2. The normalized spacial score (nSPS) is 24.5. The molecule has 0 N–H and O–H groups in total. The van der Waals surface area contributed by atoms with Crippen molar-refractivity contribution in [1.82, 2.24) is 9.88 Å². The average molecular weight is 418 g/mol. The van der Waals surface area contributed by atoms with Crippen LogP contribution in [0.4, 0.5) is 4.79 Å². The van der Waals surface area contributed by atoms with Crippen LogP contribution in [0, 0.1) is 24.7 Å². The number of hydrogen-bond donors (Lipinski definition) is 0. The molecule has 3 unspecified atom stereocenters. The molecule has 1 saturated heterocycles. The zero-order valence-electron chi connectivity index (χ0n) is 17.8. The smallest absolute Gasteiger partial charge is 0.409 e. The minimum Gasteiger partial charge on any atom is -0.453 e. The van der Waals surface area contributed by atoms with E-state index in [0.717, 1.165) is 24.0 Å². The number of ether oxygens (including phenoxy) is 2. The number of pyridine rings is 1. The van der Waals surface area contributed by atoms with E-state index in [4.69, 9.17) is 9.47 Å².